The van der Waals surface area contributed by atoms with Crippen molar-refractivity contribution in [3.63, 3.8) is 0 Å². The molecule has 2 rings (SSSR count). The van der Waals surface area contributed by atoms with Gasteiger partial charge in [0.2, 0.25) is 5.91 Å². The van der Waals surface area contributed by atoms with E-state index in [0.29, 0.717) is 12.3 Å². The number of amides is 2. The summed E-state index contributed by atoms with van der Waals surface area (Å²) in [5, 5.41) is 2.95. The van der Waals surface area contributed by atoms with Gasteiger partial charge in [-0.15, -0.1) is 0 Å². The summed E-state index contributed by atoms with van der Waals surface area (Å²) in [5.41, 5.74) is 0.904. The fourth-order valence-corrected chi connectivity index (χ4v) is 3.09. The molecule has 2 atom stereocenters. The molecule has 0 saturated carbocycles. The van der Waals surface area contributed by atoms with Crippen molar-refractivity contribution in [2.24, 2.45) is 0 Å². The van der Waals surface area contributed by atoms with Crippen LogP contribution in [0.3, 0.4) is 0 Å². The van der Waals surface area contributed by atoms with Gasteiger partial charge < -0.3 is 19.7 Å². The Morgan fingerprint density at radius 2 is 1.63 bits per heavy atom. The third-order valence-corrected chi connectivity index (χ3v) is 5.58. The molecule has 0 aliphatic heterocycles. The van der Waals surface area contributed by atoms with E-state index in [-0.39, 0.29) is 24.5 Å². The molecule has 162 valence electrons. The van der Waals surface area contributed by atoms with Crippen LogP contribution in [-0.4, -0.2) is 42.5 Å². The van der Waals surface area contributed by atoms with Gasteiger partial charge in [0.25, 0.3) is 5.91 Å². The fraction of sp³-hybridized carbons (Fsp3) is 0.391. The SMILES string of the molecule is CC[C@@H](C)NC(=O)[C@@H](C)N(Cc1ccc(OC)cc1)C(=O)COc1ccc(I)cc1. The van der Waals surface area contributed by atoms with Crippen LogP contribution in [0.4, 0.5) is 0 Å². The molecule has 0 bridgehead atoms. The Morgan fingerprint density at radius 1 is 1.03 bits per heavy atom. The molecule has 7 heteroatoms. The molecule has 0 spiro atoms. The van der Waals surface area contributed by atoms with Crippen LogP contribution >= 0.6 is 22.6 Å². The Labute approximate surface area is 192 Å². The van der Waals surface area contributed by atoms with E-state index in [1.807, 2.05) is 62.4 Å². The molecular weight excluding hydrogens is 495 g/mol. The maximum atomic E-state index is 13.0. The fourth-order valence-electron chi connectivity index (χ4n) is 2.73. The smallest absolute Gasteiger partial charge is 0.261 e. The van der Waals surface area contributed by atoms with Gasteiger partial charge in [0.05, 0.1) is 7.11 Å². The highest BCUT2D eigenvalue weighted by Crippen LogP contribution is 2.17. The highest BCUT2D eigenvalue weighted by Gasteiger charge is 2.27. The normalized spacial score (nSPS) is 12.6. The Hall–Kier alpha value is -2.29. The minimum atomic E-state index is -0.631. The zero-order valence-electron chi connectivity index (χ0n) is 17.9. The number of nitrogens with zero attached hydrogens (tertiary/aromatic N) is 1. The van der Waals surface area contributed by atoms with E-state index in [4.69, 9.17) is 9.47 Å². The lowest BCUT2D eigenvalue weighted by molar-refractivity contribution is -0.142. The standard InChI is InChI=1S/C23H29IN2O4/c1-5-16(2)25-23(28)17(3)26(14-18-6-10-20(29-4)11-7-18)22(27)15-30-21-12-8-19(24)9-13-21/h6-13,16-17H,5,14-15H2,1-4H3,(H,25,28)/t16-,17-/m1/s1. The number of halogens is 1. The van der Waals surface area contributed by atoms with E-state index in [2.05, 4.69) is 27.9 Å². The van der Waals surface area contributed by atoms with Gasteiger partial charge >= 0.3 is 0 Å². The Balaban J connectivity index is 2.14. The second-order valence-electron chi connectivity index (χ2n) is 7.11. The molecule has 0 aliphatic carbocycles. The first kappa shape index (κ1) is 24.0. The molecule has 0 fully saturated rings. The molecule has 0 aromatic heterocycles. The monoisotopic (exact) mass is 524 g/mol. The summed E-state index contributed by atoms with van der Waals surface area (Å²) in [4.78, 5) is 27.2. The molecule has 0 saturated heterocycles. The van der Waals surface area contributed by atoms with Gasteiger partial charge in [-0.05, 0) is 84.8 Å². The first-order chi connectivity index (χ1) is 14.3. The van der Waals surface area contributed by atoms with Gasteiger partial charge in [0, 0.05) is 16.2 Å². The van der Waals surface area contributed by atoms with Gasteiger partial charge in [-0.1, -0.05) is 19.1 Å². The van der Waals surface area contributed by atoms with Crippen molar-refractivity contribution in [1.29, 1.82) is 0 Å². The lowest BCUT2D eigenvalue weighted by Gasteiger charge is -2.29. The summed E-state index contributed by atoms with van der Waals surface area (Å²) in [6, 6.07) is 14.3. The van der Waals surface area contributed by atoms with Crippen LogP contribution in [0.15, 0.2) is 48.5 Å². The molecular formula is C23H29IN2O4. The molecule has 2 amide bonds. The minimum absolute atomic E-state index is 0.0425. The minimum Gasteiger partial charge on any atom is -0.497 e. The van der Waals surface area contributed by atoms with E-state index in [0.717, 1.165) is 21.3 Å². The molecule has 0 heterocycles. The van der Waals surface area contributed by atoms with E-state index >= 15 is 0 Å². The number of rotatable bonds is 10. The quantitative estimate of drug-likeness (QED) is 0.477. The maximum Gasteiger partial charge on any atom is 0.261 e. The summed E-state index contributed by atoms with van der Waals surface area (Å²) in [6.45, 7) is 5.85. The number of benzene rings is 2. The summed E-state index contributed by atoms with van der Waals surface area (Å²) in [7, 11) is 1.61. The largest absolute Gasteiger partial charge is 0.497 e. The number of carbonyl (C=O) groups excluding carboxylic acids is 2. The van der Waals surface area contributed by atoms with Crippen LogP contribution in [0.1, 0.15) is 32.8 Å². The van der Waals surface area contributed by atoms with Crippen molar-refractivity contribution < 1.29 is 19.1 Å². The van der Waals surface area contributed by atoms with Gasteiger partial charge in [-0.25, -0.2) is 0 Å². The van der Waals surface area contributed by atoms with E-state index in [1.54, 1.807) is 18.9 Å². The van der Waals surface area contributed by atoms with Gasteiger partial charge in [-0.2, -0.15) is 0 Å². The molecule has 6 nitrogen and oxygen atoms in total. The second kappa shape index (κ2) is 11.8. The Kier molecular flexibility index (Phi) is 9.42. The predicted molar refractivity (Wildman–Crippen MR) is 126 cm³/mol. The average molecular weight is 524 g/mol. The third kappa shape index (κ3) is 7.19. The highest BCUT2D eigenvalue weighted by molar-refractivity contribution is 14.1. The number of methoxy groups -OCH3 is 1. The lowest BCUT2D eigenvalue weighted by Crippen LogP contribution is -2.50. The molecule has 0 unspecified atom stereocenters. The van der Waals surface area contributed by atoms with Crippen LogP contribution in [0.5, 0.6) is 11.5 Å². The van der Waals surface area contributed by atoms with Crippen molar-refractivity contribution in [2.45, 2.75) is 45.8 Å². The maximum absolute atomic E-state index is 13.0. The third-order valence-electron chi connectivity index (χ3n) is 4.86. The summed E-state index contributed by atoms with van der Waals surface area (Å²) in [6.07, 6.45) is 0.820. The first-order valence-corrected chi connectivity index (χ1v) is 11.0. The number of hydrogen-bond donors (Lipinski definition) is 1. The molecule has 2 aromatic carbocycles. The highest BCUT2D eigenvalue weighted by atomic mass is 127. The molecule has 1 N–H and O–H groups in total. The van der Waals surface area contributed by atoms with Crippen LogP contribution in [0.25, 0.3) is 0 Å². The molecule has 30 heavy (non-hydrogen) atoms. The zero-order valence-corrected chi connectivity index (χ0v) is 20.0. The first-order valence-electron chi connectivity index (χ1n) is 9.95. The number of nitrogens with one attached hydrogen (secondary N) is 1. The van der Waals surface area contributed by atoms with E-state index in [1.165, 1.54) is 0 Å². The van der Waals surface area contributed by atoms with Crippen LogP contribution in [0.2, 0.25) is 0 Å². The van der Waals surface area contributed by atoms with Crippen molar-refractivity contribution in [3.05, 3.63) is 57.7 Å². The van der Waals surface area contributed by atoms with Crippen LogP contribution < -0.4 is 14.8 Å². The van der Waals surface area contributed by atoms with Crippen molar-refractivity contribution in [2.75, 3.05) is 13.7 Å². The number of hydrogen-bond acceptors (Lipinski definition) is 4. The van der Waals surface area contributed by atoms with Gasteiger partial charge in [-0.3, -0.25) is 9.59 Å². The van der Waals surface area contributed by atoms with Crippen molar-refractivity contribution >= 4 is 34.4 Å². The summed E-state index contributed by atoms with van der Waals surface area (Å²) < 4.78 is 11.9. The van der Waals surface area contributed by atoms with Crippen molar-refractivity contribution in [1.82, 2.24) is 10.2 Å². The number of ether oxygens (including phenoxy) is 2. The predicted octanol–water partition coefficient (Wildman–Crippen LogP) is 4.01. The summed E-state index contributed by atoms with van der Waals surface area (Å²) in [5.74, 6) is 0.919. The molecule has 2 aromatic rings. The van der Waals surface area contributed by atoms with Gasteiger partial charge in [0.15, 0.2) is 6.61 Å². The Bertz CT molecular complexity index is 824. The molecule has 0 radical (unpaired) electrons. The second-order valence-corrected chi connectivity index (χ2v) is 8.35. The number of carbonyl (C=O) groups is 2. The topological polar surface area (TPSA) is 67.9 Å². The van der Waals surface area contributed by atoms with Crippen LogP contribution in [0, 0.1) is 3.57 Å². The molecule has 0 aliphatic rings. The zero-order chi connectivity index (χ0) is 22.1. The average Bonchev–Trinajstić information content (AvgIpc) is 2.76. The van der Waals surface area contributed by atoms with Crippen molar-refractivity contribution in [3.8, 4) is 11.5 Å². The van der Waals surface area contributed by atoms with E-state index < -0.39 is 6.04 Å². The van der Waals surface area contributed by atoms with Crippen LogP contribution in [-0.2, 0) is 16.1 Å². The Morgan fingerprint density at radius 3 is 2.20 bits per heavy atom. The lowest BCUT2D eigenvalue weighted by atomic mass is 10.1. The van der Waals surface area contributed by atoms with E-state index in [9.17, 15) is 9.59 Å². The summed E-state index contributed by atoms with van der Waals surface area (Å²) >= 11 is 2.21. The van der Waals surface area contributed by atoms with Gasteiger partial charge in [0.1, 0.15) is 17.5 Å².